The van der Waals surface area contributed by atoms with Crippen LogP contribution in [0.4, 0.5) is 5.69 Å². The van der Waals surface area contributed by atoms with Crippen molar-refractivity contribution >= 4 is 17.5 Å². The van der Waals surface area contributed by atoms with Crippen LogP contribution in [0.25, 0.3) is 0 Å². The average Bonchev–Trinajstić information content (AvgIpc) is 2.60. The molecule has 1 aromatic carbocycles. The second-order valence-electron chi connectivity index (χ2n) is 6.29. The van der Waals surface area contributed by atoms with Crippen molar-refractivity contribution in [1.29, 1.82) is 0 Å². The summed E-state index contributed by atoms with van der Waals surface area (Å²) in [7, 11) is 0. The van der Waals surface area contributed by atoms with Crippen molar-refractivity contribution in [3.8, 4) is 5.75 Å². The Hall–Kier alpha value is -2.89. The zero-order valence-electron chi connectivity index (χ0n) is 15.4. The van der Waals surface area contributed by atoms with Gasteiger partial charge in [-0.25, -0.2) is 0 Å². The third-order valence-electron chi connectivity index (χ3n) is 3.66. The summed E-state index contributed by atoms with van der Waals surface area (Å²) in [6, 6.07) is 11.0. The molecule has 6 heteroatoms. The predicted octanol–water partition coefficient (Wildman–Crippen LogP) is 3.25. The van der Waals surface area contributed by atoms with Crippen LogP contribution >= 0.6 is 0 Å². The van der Waals surface area contributed by atoms with E-state index in [1.807, 2.05) is 38.1 Å². The van der Waals surface area contributed by atoms with Crippen LogP contribution in [-0.2, 0) is 16.1 Å². The van der Waals surface area contributed by atoms with Crippen LogP contribution in [0.15, 0.2) is 48.8 Å². The molecule has 0 atom stereocenters. The third kappa shape index (κ3) is 6.55. The van der Waals surface area contributed by atoms with Crippen LogP contribution in [0, 0.1) is 0 Å². The quantitative estimate of drug-likeness (QED) is 0.789. The van der Waals surface area contributed by atoms with Crippen LogP contribution in [0.1, 0.15) is 32.8 Å². The first-order chi connectivity index (χ1) is 12.4. The Bertz CT molecular complexity index is 715. The number of hydrogen-bond donors (Lipinski definition) is 1. The molecule has 0 aliphatic carbocycles. The normalized spacial score (nSPS) is 10.5. The number of hydrogen-bond acceptors (Lipinski definition) is 4. The van der Waals surface area contributed by atoms with Crippen molar-refractivity contribution in [3.63, 3.8) is 0 Å². The summed E-state index contributed by atoms with van der Waals surface area (Å²) in [5.74, 6) is 0.550. The minimum atomic E-state index is -0.139. The number of anilines is 1. The Kier molecular flexibility index (Phi) is 7.14. The Morgan fingerprint density at radius 1 is 1.19 bits per heavy atom. The van der Waals surface area contributed by atoms with Gasteiger partial charge in [0, 0.05) is 44.5 Å². The van der Waals surface area contributed by atoms with Gasteiger partial charge in [0.25, 0.3) is 0 Å². The topological polar surface area (TPSA) is 71.5 Å². The third-order valence-corrected chi connectivity index (χ3v) is 3.66. The van der Waals surface area contributed by atoms with Crippen molar-refractivity contribution in [2.24, 2.45) is 0 Å². The van der Waals surface area contributed by atoms with E-state index in [4.69, 9.17) is 4.74 Å². The number of nitrogens with zero attached hydrogens (tertiary/aromatic N) is 2. The summed E-state index contributed by atoms with van der Waals surface area (Å²) in [5, 5.41) is 2.84. The number of amides is 2. The molecule has 138 valence electrons. The van der Waals surface area contributed by atoms with E-state index in [1.54, 1.807) is 29.4 Å². The lowest BCUT2D eigenvalue weighted by atomic mass is 10.2. The van der Waals surface area contributed by atoms with E-state index in [1.165, 1.54) is 6.92 Å². The highest BCUT2D eigenvalue weighted by molar-refractivity contribution is 5.91. The molecular weight excluding hydrogens is 330 g/mol. The molecule has 0 saturated heterocycles. The van der Waals surface area contributed by atoms with E-state index in [9.17, 15) is 9.59 Å². The van der Waals surface area contributed by atoms with Crippen LogP contribution in [0.2, 0.25) is 0 Å². The molecule has 0 radical (unpaired) electrons. The number of carbonyl (C=O) groups is 2. The lowest BCUT2D eigenvalue weighted by Gasteiger charge is -2.20. The molecule has 0 spiro atoms. The maximum atomic E-state index is 12.2. The Morgan fingerprint density at radius 2 is 1.92 bits per heavy atom. The minimum Gasteiger partial charge on any atom is -0.491 e. The Labute approximate surface area is 154 Å². The van der Waals surface area contributed by atoms with Gasteiger partial charge in [0.15, 0.2) is 0 Å². The number of nitrogens with one attached hydrogen (secondary N) is 1. The van der Waals surface area contributed by atoms with Gasteiger partial charge in [0.2, 0.25) is 11.8 Å². The van der Waals surface area contributed by atoms with E-state index in [0.29, 0.717) is 18.8 Å². The van der Waals surface area contributed by atoms with Crippen molar-refractivity contribution < 1.29 is 14.3 Å². The van der Waals surface area contributed by atoms with E-state index >= 15 is 0 Å². The zero-order valence-corrected chi connectivity index (χ0v) is 15.4. The Balaban J connectivity index is 1.85. The first-order valence-electron chi connectivity index (χ1n) is 8.65. The van der Waals surface area contributed by atoms with Gasteiger partial charge in [-0.2, -0.15) is 0 Å². The molecule has 0 aliphatic heterocycles. The first-order valence-corrected chi connectivity index (χ1v) is 8.65. The molecule has 2 amide bonds. The predicted molar refractivity (Wildman–Crippen MR) is 101 cm³/mol. The number of aromatic nitrogens is 1. The SMILES string of the molecule is CC(=O)N(CCC(=O)Nc1ccc(OC(C)C)cc1)Cc1cccnc1. The molecule has 0 fully saturated rings. The lowest BCUT2D eigenvalue weighted by molar-refractivity contribution is -0.129. The van der Waals surface area contributed by atoms with E-state index in [-0.39, 0.29) is 24.3 Å². The van der Waals surface area contributed by atoms with Gasteiger partial charge in [0.1, 0.15) is 5.75 Å². The molecule has 26 heavy (non-hydrogen) atoms. The molecule has 0 saturated carbocycles. The summed E-state index contributed by atoms with van der Waals surface area (Å²) in [6.45, 7) is 6.22. The highest BCUT2D eigenvalue weighted by atomic mass is 16.5. The zero-order chi connectivity index (χ0) is 18.9. The lowest BCUT2D eigenvalue weighted by Crippen LogP contribution is -2.31. The summed E-state index contributed by atoms with van der Waals surface area (Å²) < 4.78 is 5.57. The van der Waals surface area contributed by atoms with E-state index in [2.05, 4.69) is 10.3 Å². The molecule has 6 nitrogen and oxygen atoms in total. The smallest absolute Gasteiger partial charge is 0.226 e. The molecule has 1 N–H and O–H groups in total. The molecule has 1 heterocycles. The van der Waals surface area contributed by atoms with Crippen LogP contribution in [0.5, 0.6) is 5.75 Å². The van der Waals surface area contributed by atoms with E-state index in [0.717, 1.165) is 11.3 Å². The van der Waals surface area contributed by atoms with Gasteiger partial charge in [-0.15, -0.1) is 0 Å². The van der Waals surface area contributed by atoms with Crippen molar-refractivity contribution in [2.75, 3.05) is 11.9 Å². The molecular formula is C20H25N3O3. The minimum absolute atomic E-state index is 0.0724. The highest BCUT2D eigenvalue weighted by Crippen LogP contribution is 2.17. The molecule has 2 rings (SSSR count). The monoisotopic (exact) mass is 355 g/mol. The van der Waals surface area contributed by atoms with Crippen molar-refractivity contribution in [3.05, 3.63) is 54.4 Å². The van der Waals surface area contributed by atoms with Crippen molar-refractivity contribution in [1.82, 2.24) is 9.88 Å². The number of benzene rings is 1. The maximum absolute atomic E-state index is 12.2. The maximum Gasteiger partial charge on any atom is 0.226 e. The largest absolute Gasteiger partial charge is 0.491 e. The fourth-order valence-electron chi connectivity index (χ4n) is 2.41. The fraction of sp³-hybridized carbons (Fsp3) is 0.350. The van der Waals surface area contributed by atoms with E-state index < -0.39 is 0 Å². The number of carbonyl (C=O) groups excluding carboxylic acids is 2. The standard InChI is InChI=1S/C20H25N3O3/c1-15(2)26-19-8-6-18(7-9-19)22-20(25)10-12-23(16(3)24)14-17-5-4-11-21-13-17/h4-9,11,13,15H,10,12,14H2,1-3H3,(H,22,25). The summed E-state index contributed by atoms with van der Waals surface area (Å²) >= 11 is 0. The molecule has 2 aromatic rings. The second-order valence-corrected chi connectivity index (χ2v) is 6.29. The van der Waals surface area contributed by atoms with Gasteiger partial charge in [-0.1, -0.05) is 6.07 Å². The molecule has 0 aliphatic rings. The highest BCUT2D eigenvalue weighted by Gasteiger charge is 2.12. The summed E-state index contributed by atoms with van der Waals surface area (Å²) in [5.41, 5.74) is 1.64. The number of ether oxygens (including phenoxy) is 1. The van der Waals surface area contributed by atoms with Gasteiger partial charge in [-0.05, 0) is 49.7 Å². The second kappa shape index (κ2) is 9.56. The molecule has 0 bridgehead atoms. The van der Waals surface area contributed by atoms with Crippen LogP contribution in [-0.4, -0.2) is 34.3 Å². The Morgan fingerprint density at radius 3 is 2.50 bits per heavy atom. The summed E-state index contributed by atoms with van der Waals surface area (Å²) in [6.07, 6.45) is 3.74. The van der Waals surface area contributed by atoms with Crippen molar-refractivity contribution in [2.45, 2.75) is 39.8 Å². The molecule has 0 unspecified atom stereocenters. The molecule has 1 aromatic heterocycles. The number of rotatable bonds is 8. The average molecular weight is 355 g/mol. The van der Waals surface area contributed by atoms with Gasteiger partial charge < -0.3 is 15.0 Å². The first kappa shape index (κ1) is 19.4. The number of pyridine rings is 1. The summed E-state index contributed by atoms with van der Waals surface area (Å²) in [4.78, 5) is 29.6. The van der Waals surface area contributed by atoms with Crippen LogP contribution < -0.4 is 10.1 Å². The van der Waals surface area contributed by atoms with Crippen LogP contribution in [0.3, 0.4) is 0 Å². The van der Waals surface area contributed by atoms with Gasteiger partial charge in [-0.3, -0.25) is 14.6 Å². The van der Waals surface area contributed by atoms with Gasteiger partial charge in [0.05, 0.1) is 6.10 Å². The fourth-order valence-corrected chi connectivity index (χ4v) is 2.41. The van der Waals surface area contributed by atoms with Gasteiger partial charge >= 0.3 is 0 Å².